The van der Waals surface area contributed by atoms with Gasteiger partial charge in [-0.25, -0.2) is 0 Å². The third-order valence-electron chi connectivity index (χ3n) is 3.63. The van der Waals surface area contributed by atoms with Crippen LogP contribution in [-0.4, -0.2) is 23.6 Å². The first-order valence-corrected chi connectivity index (χ1v) is 7.56. The van der Waals surface area contributed by atoms with Crippen molar-refractivity contribution in [1.29, 1.82) is 0 Å². The summed E-state index contributed by atoms with van der Waals surface area (Å²) in [6.45, 7) is 1.85. The van der Waals surface area contributed by atoms with Crippen molar-refractivity contribution in [3.8, 4) is 0 Å². The topological polar surface area (TPSA) is 60.3 Å². The van der Waals surface area contributed by atoms with Gasteiger partial charge in [0.05, 0.1) is 6.04 Å². The quantitative estimate of drug-likeness (QED) is 0.914. The highest BCUT2D eigenvalue weighted by atomic mass is 35.5. The third-order valence-corrected chi connectivity index (χ3v) is 3.88. The van der Waals surface area contributed by atoms with Crippen molar-refractivity contribution in [1.82, 2.24) is 9.88 Å². The minimum absolute atomic E-state index is 0.230. The zero-order valence-electron chi connectivity index (χ0n) is 13.2. The van der Waals surface area contributed by atoms with E-state index in [0.29, 0.717) is 10.6 Å². The van der Waals surface area contributed by atoms with E-state index in [0.717, 1.165) is 5.56 Å². The van der Waals surface area contributed by atoms with E-state index in [9.17, 15) is 9.59 Å². The van der Waals surface area contributed by atoms with Gasteiger partial charge in [-0.15, -0.1) is 0 Å². The molecule has 2 aromatic rings. The molecule has 0 spiro atoms. The number of rotatable bonds is 5. The largest absolute Gasteiger partial charge is 0.375 e. The molecule has 0 unspecified atom stereocenters. The SMILES string of the molecule is CO[C@H](c1ccc(Cl)cc1)[C@H](C)NC(=O)c1ccn(C)c(=O)c1. The lowest BCUT2D eigenvalue weighted by molar-refractivity contribution is 0.0645. The van der Waals surface area contributed by atoms with Crippen LogP contribution in [0.2, 0.25) is 5.02 Å². The predicted octanol–water partition coefficient (Wildman–Crippen LogP) is 2.54. The number of carbonyl (C=O) groups is 1. The molecule has 2 rings (SSSR count). The van der Waals surface area contributed by atoms with E-state index in [-0.39, 0.29) is 23.6 Å². The van der Waals surface area contributed by atoms with Crippen LogP contribution in [0.15, 0.2) is 47.4 Å². The summed E-state index contributed by atoms with van der Waals surface area (Å²) in [4.78, 5) is 23.9. The molecule has 1 aromatic carbocycles. The normalized spacial score (nSPS) is 13.4. The fraction of sp³-hybridized carbons (Fsp3) is 0.294. The van der Waals surface area contributed by atoms with Gasteiger partial charge in [-0.3, -0.25) is 9.59 Å². The Morgan fingerprint density at radius 3 is 2.48 bits per heavy atom. The molecule has 1 N–H and O–H groups in total. The van der Waals surface area contributed by atoms with Gasteiger partial charge in [0, 0.05) is 37.0 Å². The second-order valence-corrected chi connectivity index (χ2v) is 5.77. The van der Waals surface area contributed by atoms with Crippen LogP contribution >= 0.6 is 11.6 Å². The molecule has 0 radical (unpaired) electrons. The summed E-state index contributed by atoms with van der Waals surface area (Å²) >= 11 is 5.89. The van der Waals surface area contributed by atoms with Gasteiger partial charge in [0.1, 0.15) is 6.10 Å². The van der Waals surface area contributed by atoms with E-state index < -0.39 is 0 Å². The summed E-state index contributed by atoms with van der Waals surface area (Å²) in [5.74, 6) is -0.314. The maximum absolute atomic E-state index is 12.3. The monoisotopic (exact) mass is 334 g/mol. The number of methoxy groups -OCH3 is 1. The molecule has 122 valence electrons. The Balaban J connectivity index is 2.13. The molecule has 0 aliphatic heterocycles. The highest BCUT2D eigenvalue weighted by molar-refractivity contribution is 6.30. The summed E-state index contributed by atoms with van der Waals surface area (Å²) in [6.07, 6.45) is 1.25. The molecule has 0 fully saturated rings. The lowest BCUT2D eigenvalue weighted by Crippen LogP contribution is -2.38. The summed E-state index contributed by atoms with van der Waals surface area (Å²) in [7, 11) is 3.22. The average Bonchev–Trinajstić information content (AvgIpc) is 2.52. The van der Waals surface area contributed by atoms with Crippen molar-refractivity contribution in [3.05, 3.63) is 69.1 Å². The highest BCUT2D eigenvalue weighted by Crippen LogP contribution is 2.22. The fourth-order valence-electron chi connectivity index (χ4n) is 2.34. The minimum Gasteiger partial charge on any atom is -0.375 e. The number of carbonyl (C=O) groups excluding carboxylic acids is 1. The van der Waals surface area contributed by atoms with E-state index in [1.807, 2.05) is 19.1 Å². The molecule has 0 bridgehead atoms. The van der Waals surface area contributed by atoms with Crippen LogP contribution in [-0.2, 0) is 11.8 Å². The Bertz CT molecular complexity index is 740. The Hall–Kier alpha value is -2.11. The van der Waals surface area contributed by atoms with Crippen LogP contribution in [0.1, 0.15) is 28.9 Å². The van der Waals surface area contributed by atoms with Crippen LogP contribution in [0.4, 0.5) is 0 Å². The van der Waals surface area contributed by atoms with Gasteiger partial charge in [-0.1, -0.05) is 23.7 Å². The van der Waals surface area contributed by atoms with E-state index in [2.05, 4.69) is 5.32 Å². The second-order valence-electron chi connectivity index (χ2n) is 5.33. The smallest absolute Gasteiger partial charge is 0.251 e. The van der Waals surface area contributed by atoms with Crippen molar-refractivity contribution in [2.24, 2.45) is 7.05 Å². The van der Waals surface area contributed by atoms with E-state index in [4.69, 9.17) is 16.3 Å². The summed E-state index contributed by atoms with van der Waals surface area (Å²) < 4.78 is 6.90. The maximum atomic E-state index is 12.3. The molecule has 0 saturated heterocycles. The van der Waals surface area contributed by atoms with E-state index >= 15 is 0 Å². The standard InChI is InChI=1S/C17H19ClN2O3/c1-11(16(23-3)12-4-6-14(18)7-5-12)19-17(22)13-8-9-20(2)15(21)10-13/h4-11,16H,1-3H3,(H,19,22)/t11-,16-/m0/s1. The van der Waals surface area contributed by atoms with Gasteiger partial charge in [0.15, 0.2) is 0 Å². The molecule has 0 saturated carbocycles. The predicted molar refractivity (Wildman–Crippen MR) is 89.8 cm³/mol. The number of aryl methyl sites for hydroxylation is 1. The molecule has 1 amide bonds. The van der Waals surface area contributed by atoms with Crippen molar-refractivity contribution >= 4 is 17.5 Å². The van der Waals surface area contributed by atoms with Gasteiger partial charge in [0.25, 0.3) is 11.5 Å². The minimum atomic E-state index is -0.317. The first-order chi connectivity index (χ1) is 10.9. The number of nitrogens with zero attached hydrogens (tertiary/aromatic N) is 1. The number of pyridine rings is 1. The Kier molecular flexibility index (Phi) is 5.58. The van der Waals surface area contributed by atoms with Crippen LogP contribution in [0, 0.1) is 0 Å². The average molecular weight is 335 g/mol. The number of ether oxygens (including phenoxy) is 1. The van der Waals surface area contributed by atoms with E-state index in [1.54, 1.807) is 38.6 Å². The fourth-order valence-corrected chi connectivity index (χ4v) is 2.46. The first-order valence-electron chi connectivity index (χ1n) is 7.18. The number of hydrogen-bond donors (Lipinski definition) is 1. The summed E-state index contributed by atoms with van der Waals surface area (Å²) in [5, 5.41) is 3.50. The molecule has 2 atom stereocenters. The van der Waals surface area contributed by atoms with E-state index in [1.165, 1.54) is 10.6 Å². The molecular formula is C17H19ClN2O3. The number of aromatic nitrogens is 1. The van der Waals surface area contributed by atoms with Crippen LogP contribution in [0.25, 0.3) is 0 Å². The number of halogens is 1. The Labute approximate surface area is 139 Å². The van der Waals surface area contributed by atoms with Gasteiger partial charge in [-0.2, -0.15) is 0 Å². The molecular weight excluding hydrogens is 316 g/mol. The first kappa shape index (κ1) is 17.2. The van der Waals surface area contributed by atoms with Crippen molar-refractivity contribution in [2.75, 3.05) is 7.11 Å². The zero-order valence-corrected chi connectivity index (χ0v) is 14.0. The van der Waals surface area contributed by atoms with Crippen molar-refractivity contribution in [3.63, 3.8) is 0 Å². The van der Waals surface area contributed by atoms with Crippen LogP contribution in [0.5, 0.6) is 0 Å². The lowest BCUT2D eigenvalue weighted by atomic mass is 10.0. The molecule has 0 aliphatic rings. The molecule has 5 nitrogen and oxygen atoms in total. The Morgan fingerprint density at radius 1 is 1.26 bits per heavy atom. The van der Waals surface area contributed by atoms with Crippen LogP contribution in [0.3, 0.4) is 0 Å². The van der Waals surface area contributed by atoms with Gasteiger partial charge >= 0.3 is 0 Å². The third kappa shape index (κ3) is 4.21. The second kappa shape index (κ2) is 7.44. The van der Waals surface area contributed by atoms with Crippen LogP contribution < -0.4 is 10.9 Å². The van der Waals surface area contributed by atoms with Crippen molar-refractivity contribution < 1.29 is 9.53 Å². The lowest BCUT2D eigenvalue weighted by Gasteiger charge is -2.24. The number of amides is 1. The highest BCUT2D eigenvalue weighted by Gasteiger charge is 2.21. The Morgan fingerprint density at radius 2 is 1.91 bits per heavy atom. The van der Waals surface area contributed by atoms with Crippen molar-refractivity contribution in [2.45, 2.75) is 19.1 Å². The molecule has 6 heteroatoms. The maximum Gasteiger partial charge on any atom is 0.251 e. The molecule has 23 heavy (non-hydrogen) atoms. The summed E-state index contributed by atoms with van der Waals surface area (Å²) in [5.41, 5.74) is 1.01. The molecule has 1 heterocycles. The number of hydrogen-bond acceptors (Lipinski definition) is 3. The molecule has 1 aromatic heterocycles. The van der Waals surface area contributed by atoms with Gasteiger partial charge < -0.3 is 14.6 Å². The number of nitrogens with one attached hydrogen (secondary N) is 1. The van der Waals surface area contributed by atoms with Gasteiger partial charge in [-0.05, 0) is 30.7 Å². The zero-order chi connectivity index (χ0) is 17.0. The summed E-state index contributed by atoms with van der Waals surface area (Å²) in [6, 6.07) is 9.91. The molecule has 0 aliphatic carbocycles. The number of benzene rings is 1. The van der Waals surface area contributed by atoms with Gasteiger partial charge in [0.2, 0.25) is 0 Å².